The molecule has 1 unspecified atom stereocenters. The van der Waals surface area contributed by atoms with Crippen LogP contribution in [0.1, 0.15) is 28.3 Å². The molecule has 8 nitrogen and oxygen atoms in total. The van der Waals surface area contributed by atoms with Gasteiger partial charge >= 0.3 is 12.1 Å². The molecule has 0 spiro atoms. The maximum Gasteiger partial charge on any atom is 0.416 e. The molecule has 248 valence electrons. The maximum atomic E-state index is 14.7. The van der Waals surface area contributed by atoms with E-state index in [1.807, 2.05) is 36.4 Å². The van der Waals surface area contributed by atoms with Crippen LogP contribution in [-0.4, -0.2) is 44.0 Å². The Labute approximate surface area is 282 Å². The smallest absolute Gasteiger partial charge is 0.416 e. The molecular weight excluding hydrogens is 713 g/mol. The number of esters is 1. The third-order valence-corrected chi connectivity index (χ3v) is 11.1. The maximum absolute atomic E-state index is 14.7. The Kier molecular flexibility index (Phi) is 8.96. The van der Waals surface area contributed by atoms with Crippen molar-refractivity contribution in [3.05, 3.63) is 128 Å². The summed E-state index contributed by atoms with van der Waals surface area (Å²) in [6.07, 6.45) is -4.77. The average molecular weight is 742 g/mol. The largest absolute Gasteiger partial charge is 0.497 e. The lowest BCUT2D eigenvalue weighted by atomic mass is 9.93. The number of rotatable bonds is 7. The Morgan fingerprint density at radius 1 is 0.958 bits per heavy atom. The molecule has 4 aromatic carbocycles. The molecule has 0 fully saturated rings. The van der Waals surface area contributed by atoms with E-state index in [9.17, 15) is 31.2 Å². The lowest BCUT2D eigenvalue weighted by molar-refractivity contribution is -0.145. The van der Waals surface area contributed by atoms with Gasteiger partial charge < -0.3 is 9.47 Å². The summed E-state index contributed by atoms with van der Waals surface area (Å²) in [4.78, 5) is 27.4. The van der Waals surface area contributed by atoms with E-state index in [4.69, 9.17) is 9.47 Å². The second-order valence-corrected chi connectivity index (χ2v) is 13.9. The van der Waals surface area contributed by atoms with E-state index in [1.54, 1.807) is 30.3 Å². The van der Waals surface area contributed by atoms with Crippen LogP contribution in [-0.2, 0) is 38.7 Å². The first-order valence-electron chi connectivity index (χ1n) is 14.7. The van der Waals surface area contributed by atoms with Gasteiger partial charge in [-0.05, 0) is 73.2 Å². The monoisotopic (exact) mass is 740 g/mol. The van der Waals surface area contributed by atoms with Gasteiger partial charge in [-0.15, -0.1) is 0 Å². The normalized spacial score (nSPS) is 16.0. The summed E-state index contributed by atoms with van der Waals surface area (Å²) < 4.78 is 83.6. The van der Waals surface area contributed by atoms with Crippen LogP contribution in [0.3, 0.4) is 0 Å². The van der Waals surface area contributed by atoms with Gasteiger partial charge in [0, 0.05) is 25.1 Å². The summed E-state index contributed by atoms with van der Waals surface area (Å²) >= 11 is 3.38. The third-order valence-electron chi connectivity index (χ3n) is 8.40. The van der Waals surface area contributed by atoms with Crippen molar-refractivity contribution in [3.63, 3.8) is 0 Å². The van der Waals surface area contributed by atoms with E-state index in [-0.39, 0.29) is 34.1 Å². The number of methoxy groups -OCH3 is 2. The van der Waals surface area contributed by atoms with E-state index in [0.717, 1.165) is 38.9 Å². The molecule has 2 heterocycles. The number of pyridine rings is 1. The predicted octanol–water partition coefficient (Wildman–Crippen LogP) is 6.97. The summed E-state index contributed by atoms with van der Waals surface area (Å²) in [6, 6.07) is 22.4. The molecule has 0 aliphatic carbocycles. The lowest BCUT2D eigenvalue weighted by Crippen LogP contribution is -2.50. The van der Waals surface area contributed by atoms with Crippen LogP contribution in [0.25, 0.3) is 21.9 Å². The van der Waals surface area contributed by atoms with Crippen molar-refractivity contribution >= 4 is 42.7 Å². The van der Waals surface area contributed by atoms with Crippen molar-refractivity contribution in [2.75, 3.05) is 20.8 Å². The SMILES string of the molecule is COC(=O)C1CN(Cc2ccc(OC)cc2)S(=O)(=O)c2c(-c3cccc(C(F)(F)F)c3)c(Cc3cccc4ccccc34)c(Br)c(=O)n21. The van der Waals surface area contributed by atoms with Crippen LogP contribution < -0.4 is 10.3 Å². The molecule has 0 amide bonds. The molecule has 0 radical (unpaired) electrons. The summed E-state index contributed by atoms with van der Waals surface area (Å²) in [7, 11) is -2.04. The Hall–Kier alpha value is -4.46. The van der Waals surface area contributed by atoms with Crippen molar-refractivity contribution in [1.29, 1.82) is 0 Å². The minimum Gasteiger partial charge on any atom is -0.497 e. The molecular formula is C35H28BrF3N2O6S. The van der Waals surface area contributed by atoms with Crippen LogP contribution >= 0.6 is 15.9 Å². The fraction of sp³-hybridized carbons (Fsp3) is 0.200. The molecule has 0 N–H and O–H groups in total. The zero-order valence-corrected chi connectivity index (χ0v) is 28.0. The summed E-state index contributed by atoms with van der Waals surface area (Å²) in [5.41, 5.74) is -0.659. The first-order chi connectivity index (χ1) is 22.8. The van der Waals surface area contributed by atoms with Crippen LogP contribution in [0.2, 0.25) is 0 Å². The van der Waals surface area contributed by atoms with Crippen molar-refractivity contribution in [2.45, 2.75) is 30.2 Å². The van der Waals surface area contributed by atoms with Gasteiger partial charge in [-0.25, -0.2) is 13.2 Å². The Morgan fingerprint density at radius 2 is 1.65 bits per heavy atom. The fourth-order valence-electron chi connectivity index (χ4n) is 6.07. The quantitative estimate of drug-likeness (QED) is 0.168. The first kappa shape index (κ1) is 33.4. The van der Waals surface area contributed by atoms with Gasteiger partial charge in [-0.2, -0.15) is 17.5 Å². The zero-order chi connectivity index (χ0) is 34.4. The number of fused-ring (bicyclic) bond motifs is 2. The number of nitrogens with zero attached hydrogens (tertiary/aromatic N) is 2. The topological polar surface area (TPSA) is 94.9 Å². The van der Waals surface area contributed by atoms with Gasteiger partial charge in [-0.1, -0.05) is 66.7 Å². The number of ether oxygens (including phenoxy) is 2. The molecule has 6 rings (SSSR count). The number of benzene rings is 4. The van der Waals surface area contributed by atoms with E-state index < -0.39 is 50.9 Å². The number of carbonyl (C=O) groups is 1. The Bertz CT molecular complexity index is 2210. The molecule has 1 aromatic heterocycles. The number of carbonyl (C=O) groups excluding carboxylic acids is 1. The highest BCUT2D eigenvalue weighted by Gasteiger charge is 2.45. The Morgan fingerprint density at radius 3 is 2.33 bits per heavy atom. The third kappa shape index (κ3) is 6.01. The van der Waals surface area contributed by atoms with E-state index in [1.165, 1.54) is 19.2 Å². The molecule has 0 bridgehead atoms. The molecule has 1 aliphatic heterocycles. The second kappa shape index (κ2) is 12.9. The van der Waals surface area contributed by atoms with E-state index in [2.05, 4.69) is 15.9 Å². The minimum absolute atomic E-state index is 0.0204. The molecule has 1 aliphatic rings. The summed E-state index contributed by atoms with van der Waals surface area (Å²) in [5.74, 6) is -0.351. The summed E-state index contributed by atoms with van der Waals surface area (Å²) in [5, 5.41) is 1.10. The van der Waals surface area contributed by atoms with Gasteiger partial charge in [0.05, 0.1) is 24.3 Å². The highest BCUT2D eigenvalue weighted by atomic mass is 79.9. The van der Waals surface area contributed by atoms with E-state index in [0.29, 0.717) is 16.9 Å². The van der Waals surface area contributed by atoms with Gasteiger partial charge in [0.15, 0.2) is 5.03 Å². The summed E-state index contributed by atoms with van der Waals surface area (Å²) in [6.45, 7) is -0.657. The molecule has 13 heteroatoms. The number of halogens is 4. The van der Waals surface area contributed by atoms with Crippen LogP contribution in [0.4, 0.5) is 13.2 Å². The van der Waals surface area contributed by atoms with Crippen LogP contribution in [0.5, 0.6) is 5.75 Å². The number of aromatic nitrogens is 1. The van der Waals surface area contributed by atoms with Crippen LogP contribution in [0.15, 0.2) is 105 Å². The minimum atomic E-state index is -4.75. The molecule has 1 atom stereocenters. The van der Waals surface area contributed by atoms with E-state index >= 15 is 0 Å². The zero-order valence-electron chi connectivity index (χ0n) is 25.6. The van der Waals surface area contributed by atoms with Gasteiger partial charge in [0.1, 0.15) is 11.8 Å². The number of hydrogen-bond acceptors (Lipinski definition) is 6. The highest BCUT2D eigenvalue weighted by Crippen LogP contribution is 2.42. The number of hydrogen-bond donors (Lipinski definition) is 0. The van der Waals surface area contributed by atoms with Crippen molar-refractivity contribution in [2.24, 2.45) is 0 Å². The van der Waals surface area contributed by atoms with Crippen molar-refractivity contribution in [3.8, 4) is 16.9 Å². The average Bonchev–Trinajstić information content (AvgIpc) is 3.08. The van der Waals surface area contributed by atoms with Gasteiger partial charge in [-0.3, -0.25) is 9.36 Å². The van der Waals surface area contributed by atoms with Gasteiger partial charge in [0.25, 0.3) is 15.6 Å². The molecule has 5 aromatic rings. The standard InChI is InChI=1S/C35H28BrF3N2O6S/c1-46-26-15-13-21(14-16-26)19-40-20-29(34(43)47-2)41-32(42)31(36)28(18-23-9-5-8-22-7-3-4-12-27(22)23)30(33(41)48(40,44)45)24-10-6-11-25(17-24)35(37,38)39/h3-17,29H,18-20H2,1-2H3. The Balaban J connectivity index is 1.67. The molecule has 0 saturated heterocycles. The van der Waals surface area contributed by atoms with Gasteiger partial charge in [0.2, 0.25) is 0 Å². The second-order valence-electron chi connectivity index (χ2n) is 11.2. The number of sulfonamides is 1. The fourth-order valence-corrected chi connectivity index (χ4v) is 8.46. The number of alkyl halides is 3. The highest BCUT2D eigenvalue weighted by molar-refractivity contribution is 9.10. The predicted molar refractivity (Wildman–Crippen MR) is 177 cm³/mol. The van der Waals surface area contributed by atoms with Crippen molar-refractivity contribution in [1.82, 2.24) is 8.87 Å². The first-order valence-corrected chi connectivity index (χ1v) is 16.9. The van der Waals surface area contributed by atoms with Crippen molar-refractivity contribution < 1.29 is 35.9 Å². The molecule has 48 heavy (non-hydrogen) atoms. The van der Waals surface area contributed by atoms with Crippen LogP contribution in [0, 0.1) is 0 Å². The molecule has 0 saturated carbocycles. The lowest BCUT2D eigenvalue weighted by Gasteiger charge is -2.36.